The van der Waals surface area contributed by atoms with Crippen LogP contribution in [-0.4, -0.2) is 47.6 Å². The molecular formula is C18H24N2O3. The number of piperidine rings is 1. The first-order valence-electron chi connectivity index (χ1n) is 8.32. The molecular weight excluding hydrogens is 292 g/mol. The summed E-state index contributed by atoms with van der Waals surface area (Å²) in [5.74, 6) is -0.101. The van der Waals surface area contributed by atoms with Crippen LogP contribution in [0.5, 0.6) is 0 Å². The van der Waals surface area contributed by atoms with Gasteiger partial charge < -0.3 is 15.3 Å². The number of nitrogens with zero attached hydrogens (tertiary/aromatic N) is 1. The van der Waals surface area contributed by atoms with Crippen LogP contribution >= 0.6 is 0 Å². The lowest BCUT2D eigenvalue weighted by Gasteiger charge is -2.39. The average Bonchev–Trinajstić information content (AvgIpc) is 3.38. The van der Waals surface area contributed by atoms with Gasteiger partial charge >= 0.3 is 0 Å². The Balaban J connectivity index is 1.66. The molecule has 2 amide bonds. The number of benzene rings is 1. The Morgan fingerprint density at radius 2 is 1.91 bits per heavy atom. The molecule has 1 aliphatic carbocycles. The fourth-order valence-corrected chi connectivity index (χ4v) is 3.06. The third-order valence-electron chi connectivity index (χ3n) is 4.76. The zero-order chi connectivity index (χ0) is 16.4. The minimum atomic E-state index is -0.210. The summed E-state index contributed by atoms with van der Waals surface area (Å²) in [5.41, 5.74) is 0.973. The van der Waals surface area contributed by atoms with Crippen molar-refractivity contribution in [2.24, 2.45) is 5.41 Å². The standard InChI is InChI=1S/C18H24N2O3/c1-18(12-21)9-2-10-20(11-18)17(23)14-5-3-13(4-6-14)16(22)19-15-7-8-15/h3-6,15,21H,2,7-12H2,1H3,(H,19,22). The molecule has 5 heteroatoms. The van der Waals surface area contributed by atoms with Crippen LogP contribution in [0.15, 0.2) is 24.3 Å². The predicted molar refractivity (Wildman–Crippen MR) is 87.3 cm³/mol. The van der Waals surface area contributed by atoms with Gasteiger partial charge in [0.05, 0.1) is 6.61 Å². The van der Waals surface area contributed by atoms with E-state index in [2.05, 4.69) is 5.32 Å². The van der Waals surface area contributed by atoms with E-state index in [-0.39, 0.29) is 23.8 Å². The van der Waals surface area contributed by atoms with E-state index in [0.29, 0.717) is 23.7 Å². The number of aliphatic hydroxyl groups excluding tert-OH is 1. The number of rotatable bonds is 4. The van der Waals surface area contributed by atoms with Crippen molar-refractivity contribution in [1.82, 2.24) is 10.2 Å². The number of aliphatic hydroxyl groups is 1. The van der Waals surface area contributed by atoms with Crippen molar-refractivity contribution in [3.63, 3.8) is 0 Å². The minimum absolute atomic E-state index is 0.0291. The Bertz CT molecular complexity index is 595. The Kier molecular flexibility index (Phi) is 4.39. The highest BCUT2D eigenvalue weighted by molar-refractivity contribution is 5.98. The van der Waals surface area contributed by atoms with Crippen molar-refractivity contribution in [3.05, 3.63) is 35.4 Å². The molecule has 0 radical (unpaired) electrons. The van der Waals surface area contributed by atoms with Crippen LogP contribution in [0.3, 0.4) is 0 Å². The highest BCUT2D eigenvalue weighted by Gasteiger charge is 2.33. The van der Waals surface area contributed by atoms with Gasteiger partial charge in [-0.15, -0.1) is 0 Å². The maximum atomic E-state index is 12.6. The molecule has 124 valence electrons. The number of likely N-dealkylation sites (tertiary alicyclic amines) is 1. The number of carbonyl (C=O) groups is 2. The van der Waals surface area contributed by atoms with Crippen molar-refractivity contribution < 1.29 is 14.7 Å². The summed E-state index contributed by atoms with van der Waals surface area (Å²) < 4.78 is 0. The Labute approximate surface area is 136 Å². The number of carbonyl (C=O) groups excluding carboxylic acids is 2. The van der Waals surface area contributed by atoms with E-state index in [0.717, 1.165) is 32.2 Å². The van der Waals surface area contributed by atoms with E-state index >= 15 is 0 Å². The monoisotopic (exact) mass is 316 g/mol. The van der Waals surface area contributed by atoms with E-state index in [9.17, 15) is 14.7 Å². The van der Waals surface area contributed by atoms with E-state index in [4.69, 9.17) is 0 Å². The van der Waals surface area contributed by atoms with Crippen molar-refractivity contribution in [3.8, 4) is 0 Å². The summed E-state index contributed by atoms with van der Waals surface area (Å²) in [5, 5.41) is 12.5. The lowest BCUT2D eigenvalue weighted by atomic mass is 9.82. The molecule has 1 atom stereocenters. The van der Waals surface area contributed by atoms with Gasteiger partial charge in [-0.05, 0) is 49.9 Å². The molecule has 0 aromatic heterocycles. The van der Waals surface area contributed by atoms with Gasteiger partial charge in [-0.2, -0.15) is 0 Å². The summed E-state index contributed by atoms with van der Waals surface area (Å²) >= 11 is 0. The molecule has 2 fully saturated rings. The molecule has 0 bridgehead atoms. The molecule has 1 aliphatic heterocycles. The van der Waals surface area contributed by atoms with Crippen LogP contribution < -0.4 is 5.32 Å². The van der Waals surface area contributed by atoms with Gasteiger partial charge in [0.25, 0.3) is 11.8 Å². The molecule has 2 N–H and O–H groups in total. The molecule has 1 unspecified atom stereocenters. The molecule has 5 nitrogen and oxygen atoms in total. The van der Waals surface area contributed by atoms with Gasteiger partial charge in [0.15, 0.2) is 0 Å². The van der Waals surface area contributed by atoms with Crippen LogP contribution in [0, 0.1) is 5.41 Å². The maximum Gasteiger partial charge on any atom is 0.253 e. The van der Waals surface area contributed by atoms with Gasteiger partial charge in [-0.3, -0.25) is 9.59 Å². The largest absolute Gasteiger partial charge is 0.396 e. The first-order valence-corrected chi connectivity index (χ1v) is 8.32. The van der Waals surface area contributed by atoms with Crippen LogP contribution in [0.1, 0.15) is 53.3 Å². The van der Waals surface area contributed by atoms with Crippen LogP contribution in [0.25, 0.3) is 0 Å². The smallest absolute Gasteiger partial charge is 0.253 e. The van der Waals surface area contributed by atoms with Crippen molar-refractivity contribution in [2.45, 2.75) is 38.6 Å². The lowest BCUT2D eigenvalue weighted by molar-refractivity contribution is 0.0358. The fourth-order valence-electron chi connectivity index (χ4n) is 3.06. The second kappa shape index (κ2) is 6.32. The maximum absolute atomic E-state index is 12.6. The number of amides is 2. The normalized spacial score (nSPS) is 24.3. The highest BCUT2D eigenvalue weighted by atomic mass is 16.3. The predicted octanol–water partition coefficient (Wildman–Crippen LogP) is 1.81. The van der Waals surface area contributed by atoms with E-state index in [1.807, 2.05) is 6.92 Å². The minimum Gasteiger partial charge on any atom is -0.396 e. The van der Waals surface area contributed by atoms with Gasteiger partial charge in [-0.1, -0.05) is 6.92 Å². The first-order chi connectivity index (χ1) is 11.0. The van der Waals surface area contributed by atoms with Crippen LogP contribution in [0.2, 0.25) is 0 Å². The SMILES string of the molecule is CC1(CO)CCCN(C(=O)c2ccc(C(=O)NC3CC3)cc2)C1. The molecule has 23 heavy (non-hydrogen) atoms. The van der Waals surface area contributed by atoms with Crippen LogP contribution in [0.4, 0.5) is 0 Å². The van der Waals surface area contributed by atoms with Crippen LogP contribution in [-0.2, 0) is 0 Å². The third-order valence-corrected chi connectivity index (χ3v) is 4.76. The molecule has 1 aromatic carbocycles. The summed E-state index contributed by atoms with van der Waals surface area (Å²) in [6, 6.07) is 7.18. The van der Waals surface area contributed by atoms with Gasteiger partial charge in [0.2, 0.25) is 0 Å². The van der Waals surface area contributed by atoms with Crippen molar-refractivity contribution in [1.29, 1.82) is 0 Å². The Morgan fingerprint density at radius 3 is 2.52 bits per heavy atom. The van der Waals surface area contributed by atoms with Crippen molar-refractivity contribution in [2.75, 3.05) is 19.7 Å². The summed E-state index contributed by atoms with van der Waals surface area (Å²) in [6.07, 6.45) is 3.96. The number of hydrogen-bond acceptors (Lipinski definition) is 3. The molecule has 1 aromatic rings. The van der Waals surface area contributed by atoms with E-state index in [1.54, 1.807) is 29.2 Å². The summed E-state index contributed by atoms with van der Waals surface area (Å²) in [4.78, 5) is 26.4. The fraction of sp³-hybridized carbons (Fsp3) is 0.556. The lowest BCUT2D eigenvalue weighted by Crippen LogP contribution is -2.46. The highest BCUT2D eigenvalue weighted by Crippen LogP contribution is 2.29. The molecule has 0 spiro atoms. The molecule has 2 aliphatic rings. The molecule has 1 heterocycles. The Hall–Kier alpha value is -1.88. The second-order valence-corrected chi connectivity index (χ2v) is 7.12. The zero-order valence-corrected chi connectivity index (χ0v) is 13.5. The van der Waals surface area contributed by atoms with Crippen molar-refractivity contribution >= 4 is 11.8 Å². The third kappa shape index (κ3) is 3.72. The summed E-state index contributed by atoms with van der Waals surface area (Å²) in [6.45, 7) is 3.40. The van der Waals surface area contributed by atoms with E-state index in [1.165, 1.54) is 0 Å². The Morgan fingerprint density at radius 1 is 1.26 bits per heavy atom. The quantitative estimate of drug-likeness (QED) is 0.890. The van der Waals surface area contributed by atoms with Gasteiger partial charge in [0.1, 0.15) is 0 Å². The van der Waals surface area contributed by atoms with E-state index < -0.39 is 0 Å². The zero-order valence-electron chi connectivity index (χ0n) is 13.5. The van der Waals surface area contributed by atoms with Gasteiger partial charge in [-0.25, -0.2) is 0 Å². The number of hydrogen-bond donors (Lipinski definition) is 2. The second-order valence-electron chi connectivity index (χ2n) is 7.12. The topological polar surface area (TPSA) is 69.6 Å². The first kappa shape index (κ1) is 16.0. The number of nitrogens with one attached hydrogen (secondary N) is 1. The molecule has 1 saturated heterocycles. The molecule has 1 saturated carbocycles. The van der Waals surface area contributed by atoms with Gasteiger partial charge in [0, 0.05) is 35.7 Å². The summed E-state index contributed by atoms with van der Waals surface area (Å²) in [7, 11) is 0. The molecule has 3 rings (SSSR count). The average molecular weight is 316 g/mol.